The van der Waals surface area contributed by atoms with Crippen LogP contribution in [0.2, 0.25) is 0 Å². The lowest BCUT2D eigenvalue weighted by Gasteiger charge is -2.25. The second kappa shape index (κ2) is 7.29. The molecule has 2 aromatic rings. The van der Waals surface area contributed by atoms with Crippen LogP contribution in [0.15, 0.2) is 18.2 Å². The van der Waals surface area contributed by atoms with Crippen molar-refractivity contribution < 1.29 is 14.2 Å². The fraction of sp³-hybridized carbons (Fsp3) is 0.471. The van der Waals surface area contributed by atoms with Crippen LogP contribution >= 0.6 is 11.3 Å². The van der Waals surface area contributed by atoms with Crippen molar-refractivity contribution in [3.63, 3.8) is 0 Å². The molecule has 1 aliphatic heterocycles. The SMILES string of the molecule is COc1ccc(-c2nc(CN3CCOCC3)sc2C)cc1OC. The fourth-order valence-corrected chi connectivity index (χ4v) is 3.72. The number of hydrogen-bond acceptors (Lipinski definition) is 6. The summed E-state index contributed by atoms with van der Waals surface area (Å²) in [6.45, 7) is 6.59. The maximum Gasteiger partial charge on any atom is 0.161 e. The first-order valence-electron chi connectivity index (χ1n) is 7.70. The standard InChI is InChI=1S/C17H22N2O3S/c1-12-17(13-4-5-14(20-2)15(10-13)21-3)18-16(23-12)11-19-6-8-22-9-7-19/h4-5,10H,6-9,11H2,1-3H3. The zero-order valence-corrected chi connectivity index (χ0v) is 14.6. The molecule has 0 spiro atoms. The number of morpholine rings is 1. The van der Waals surface area contributed by atoms with E-state index < -0.39 is 0 Å². The summed E-state index contributed by atoms with van der Waals surface area (Å²) in [6.07, 6.45) is 0. The van der Waals surface area contributed by atoms with E-state index >= 15 is 0 Å². The summed E-state index contributed by atoms with van der Waals surface area (Å²) in [7, 11) is 3.30. The van der Waals surface area contributed by atoms with Gasteiger partial charge in [-0.05, 0) is 25.1 Å². The Kier molecular flexibility index (Phi) is 5.15. The van der Waals surface area contributed by atoms with Gasteiger partial charge in [0.1, 0.15) is 5.01 Å². The van der Waals surface area contributed by atoms with Gasteiger partial charge < -0.3 is 14.2 Å². The number of aromatic nitrogens is 1. The molecule has 0 N–H and O–H groups in total. The minimum atomic E-state index is 0.729. The topological polar surface area (TPSA) is 43.8 Å². The number of aryl methyl sites for hydroxylation is 1. The Hall–Kier alpha value is -1.63. The normalized spacial score (nSPS) is 15.6. The van der Waals surface area contributed by atoms with E-state index in [1.807, 2.05) is 18.2 Å². The quantitative estimate of drug-likeness (QED) is 0.841. The summed E-state index contributed by atoms with van der Waals surface area (Å²) in [5, 5.41) is 1.15. The van der Waals surface area contributed by atoms with Crippen LogP contribution in [-0.4, -0.2) is 50.4 Å². The summed E-state index contributed by atoms with van der Waals surface area (Å²) < 4.78 is 16.1. The highest BCUT2D eigenvalue weighted by Gasteiger charge is 2.16. The average Bonchev–Trinajstić information content (AvgIpc) is 2.95. The highest BCUT2D eigenvalue weighted by atomic mass is 32.1. The number of rotatable bonds is 5. The van der Waals surface area contributed by atoms with E-state index in [4.69, 9.17) is 19.2 Å². The predicted molar refractivity (Wildman–Crippen MR) is 91.5 cm³/mol. The Bertz CT molecular complexity index is 666. The Morgan fingerprint density at radius 2 is 1.91 bits per heavy atom. The Labute approximate surface area is 140 Å². The molecule has 6 heteroatoms. The lowest BCUT2D eigenvalue weighted by molar-refractivity contribution is 0.0342. The summed E-state index contributed by atoms with van der Waals surface area (Å²) in [6, 6.07) is 5.94. The van der Waals surface area contributed by atoms with Crippen LogP contribution in [0.1, 0.15) is 9.88 Å². The van der Waals surface area contributed by atoms with Gasteiger partial charge in [-0.15, -0.1) is 11.3 Å². The highest BCUT2D eigenvalue weighted by molar-refractivity contribution is 7.12. The monoisotopic (exact) mass is 334 g/mol. The summed E-state index contributed by atoms with van der Waals surface area (Å²) in [5.41, 5.74) is 2.09. The van der Waals surface area contributed by atoms with E-state index in [1.54, 1.807) is 25.6 Å². The smallest absolute Gasteiger partial charge is 0.161 e. The molecule has 5 nitrogen and oxygen atoms in total. The van der Waals surface area contributed by atoms with Crippen LogP contribution in [0.5, 0.6) is 11.5 Å². The Morgan fingerprint density at radius 3 is 2.61 bits per heavy atom. The van der Waals surface area contributed by atoms with E-state index in [2.05, 4.69) is 11.8 Å². The van der Waals surface area contributed by atoms with Crippen LogP contribution in [0.4, 0.5) is 0 Å². The number of benzene rings is 1. The number of nitrogens with zero attached hydrogens (tertiary/aromatic N) is 2. The Morgan fingerprint density at radius 1 is 1.17 bits per heavy atom. The van der Waals surface area contributed by atoms with E-state index in [1.165, 1.54) is 4.88 Å². The number of hydrogen-bond donors (Lipinski definition) is 0. The van der Waals surface area contributed by atoms with Crippen molar-refractivity contribution in [2.75, 3.05) is 40.5 Å². The van der Waals surface area contributed by atoms with E-state index in [0.717, 1.165) is 60.6 Å². The zero-order chi connectivity index (χ0) is 16.2. The van der Waals surface area contributed by atoms with Gasteiger partial charge in [0.2, 0.25) is 0 Å². The van der Waals surface area contributed by atoms with Crippen LogP contribution in [0, 0.1) is 6.92 Å². The van der Waals surface area contributed by atoms with Gasteiger partial charge >= 0.3 is 0 Å². The molecule has 3 rings (SSSR count). The van der Waals surface area contributed by atoms with Gasteiger partial charge in [0.05, 0.1) is 39.7 Å². The zero-order valence-electron chi connectivity index (χ0n) is 13.8. The predicted octanol–water partition coefficient (Wildman–Crippen LogP) is 2.97. The van der Waals surface area contributed by atoms with Gasteiger partial charge in [-0.1, -0.05) is 0 Å². The molecule has 1 fully saturated rings. The molecule has 1 saturated heterocycles. The maximum absolute atomic E-state index is 5.40. The van der Waals surface area contributed by atoms with Crippen molar-refractivity contribution in [3.05, 3.63) is 28.1 Å². The molecule has 0 radical (unpaired) electrons. The third-order valence-electron chi connectivity index (χ3n) is 3.96. The van der Waals surface area contributed by atoms with Crippen molar-refractivity contribution in [2.45, 2.75) is 13.5 Å². The molecular weight excluding hydrogens is 312 g/mol. The average molecular weight is 334 g/mol. The molecule has 0 aliphatic carbocycles. The first-order valence-corrected chi connectivity index (χ1v) is 8.51. The third-order valence-corrected chi connectivity index (χ3v) is 4.92. The highest BCUT2D eigenvalue weighted by Crippen LogP contribution is 2.35. The molecule has 1 aliphatic rings. The molecule has 124 valence electrons. The van der Waals surface area contributed by atoms with Gasteiger partial charge in [-0.25, -0.2) is 4.98 Å². The molecule has 23 heavy (non-hydrogen) atoms. The lowest BCUT2D eigenvalue weighted by atomic mass is 10.1. The van der Waals surface area contributed by atoms with Gasteiger partial charge in [0, 0.05) is 23.5 Å². The molecule has 0 atom stereocenters. The molecule has 0 saturated carbocycles. The van der Waals surface area contributed by atoms with Gasteiger partial charge in [-0.2, -0.15) is 0 Å². The molecule has 0 unspecified atom stereocenters. The summed E-state index contributed by atoms with van der Waals surface area (Å²) >= 11 is 1.76. The number of thiazole rings is 1. The first kappa shape index (κ1) is 16.2. The second-order valence-corrected chi connectivity index (χ2v) is 6.76. The molecule has 1 aromatic carbocycles. The van der Waals surface area contributed by atoms with Crippen molar-refractivity contribution in [1.29, 1.82) is 0 Å². The van der Waals surface area contributed by atoms with Crippen LogP contribution in [0.3, 0.4) is 0 Å². The number of ether oxygens (including phenoxy) is 3. The van der Waals surface area contributed by atoms with Crippen molar-refractivity contribution in [3.8, 4) is 22.8 Å². The third kappa shape index (κ3) is 3.65. The van der Waals surface area contributed by atoms with E-state index in [9.17, 15) is 0 Å². The molecule has 1 aromatic heterocycles. The fourth-order valence-electron chi connectivity index (χ4n) is 2.72. The first-order chi connectivity index (χ1) is 11.2. The molecule has 0 amide bonds. The summed E-state index contributed by atoms with van der Waals surface area (Å²) in [4.78, 5) is 8.46. The van der Waals surface area contributed by atoms with Crippen LogP contribution in [-0.2, 0) is 11.3 Å². The molecule has 2 heterocycles. The summed E-state index contributed by atoms with van der Waals surface area (Å²) in [5.74, 6) is 1.46. The molecule has 0 bridgehead atoms. The van der Waals surface area contributed by atoms with E-state index in [-0.39, 0.29) is 0 Å². The van der Waals surface area contributed by atoms with Crippen LogP contribution in [0.25, 0.3) is 11.3 Å². The second-order valence-electron chi connectivity index (χ2n) is 5.47. The van der Waals surface area contributed by atoms with Gasteiger partial charge in [0.15, 0.2) is 11.5 Å². The van der Waals surface area contributed by atoms with Gasteiger partial charge in [-0.3, -0.25) is 4.90 Å². The van der Waals surface area contributed by atoms with E-state index in [0.29, 0.717) is 0 Å². The van der Waals surface area contributed by atoms with Gasteiger partial charge in [0.25, 0.3) is 0 Å². The maximum atomic E-state index is 5.40. The lowest BCUT2D eigenvalue weighted by Crippen LogP contribution is -2.35. The largest absolute Gasteiger partial charge is 0.493 e. The minimum Gasteiger partial charge on any atom is -0.493 e. The van der Waals surface area contributed by atoms with Crippen LogP contribution < -0.4 is 9.47 Å². The van der Waals surface area contributed by atoms with Crippen molar-refractivity contribution >= 4 is 11.3 Å². The Balaban J connectivity index is 1.82. The number of methoxy groups -OCH3 is 2. The van der Waals surface area contributed by atoms with Crippen molar-refractivity contribution in [1.82, 2.24) is 9.88 Å². The molecular formula is C17H22N2O3S. The van der Waals surface area contributed by atoms with Crippen molar-refractivity contribution in [2.24, 2.45) is 0 Å². The minimum absolute atomic E-state index is 0.729.